The molecule has 0 bridgehead atoms. The van der Waals surface area contributed by atoms with Crippen molar-refractivity contribution in [1.82, 2.24) is 0 Å². The molecule has 0 amide bonds. The standard InChI is InChI=1S/C13H9ClO3/c14-10-4-1-9(2-5-10)3-6-12-7-11(15)8-13(16)17-12/h1-8,15H/b6-3+. The zero-order valence-corrected chi connectivity index (χ0v) is 9.52. The SMILES string of the molecule is O=c1cc(O)cc(/C=C/c2ccc(Cl)cc2)o1. The van der Waals surface area contributed by atoms with Gasteiger partial charge in [-0.2, -0.15) is 0 Å². The van der Waals surface area contributed by atoms with Gasteiger partial charge in [0.05, 0.1) is 6.07 Å². The van der Waals surface area contributed by atoms with Gasteiger partial charge in [-0.25, -0.2) is 4.79 Å². The Labute approximate surface area is 103 Å². The number of aromatic hydroxyl groups is 1. The Morgan fingerprint density at radius 1 is 1.12 bits per heavy atom. The predicted molar refractivity (Wildman–Crippen MR) is 67.0 cm³/mol. The van der Waals surface area contributed by atoms with Crippen molar-refractivity contribution in [3.05, 3.63) is 63.2 Å². The van der Waals surface area contributed by atoms with E-state index in [1.807, 2.05) is 12.1 Å². The van der Waals surface area contributed by atoms with E-state index in [0.717, 1.165) is 11.6 Å². The molecule has 3 nitrogen and oxygen atoms in total. The maximum absolute atomic E-state index is 11.0. The van der Waals surface area contributed by atoms with Crippen LogP contribution >= 0.6 is 11.6 Å². The third-order valence-corrected chi connectivity index (χ3v) is 2.34. The molecule has 1 heterocycles. The van der Waals surface area contributed by atoms with Crippen molar-refractivity contribution >= 4 is 23.8 Å². The van der Waals surface area contributed by atoms with Crippen molar-refractivity contribution in [3.63, 3.8) is 0 Å². The van der Waals surface area contributed by atoms with Gasteiger partial charge in [-0.1, -0.05) is 29.8 Å². The number of rotatable bonds is 2. The lowest BCUT2D eigenvalue weighted by molar-refractivity contribution is 0.444. The van der Waals surface area contributed by atoms with Crippen molar-refractivity contribution < 1.29 is 9.52 Å². The van der Waals surface area contributed by atoms with Gasteiger partial charge < -0.3 is 9.52 Å². The molecule has 0 unspecified atom stereocenters. The molecule has 0 saturated carbocycles. The summed E-state index contributed by atoms with van der Waals surface area (Å²) in [6.45, 7) is 0. The topological polar surface area (TPSA) is 50.4 Å². The third-order valence-electron chi connectivity index (χ3n) is 2.08. The summed E-state index contributed by atoms with van der Waals surface area (Å²) >= 11 is 5.75. The molecule has 0 spiro atoms. The molecule has 0 aliphatic heterocycles. The number of hydrogen-bond donors (Lipinski definition) is 1. The van der Waals surface area contributed by atoms with Crippen LogP contribution < -0.4 is 5.63 Å². The first-order valence-electron chi connectivity index (χ1n) is 4.91. The molecule has 1 aromatic heterocycles. The molecule has 0 fully saturated rings. The largest absolute Gasteiger partial charge is 0.508 e. The molecular formula is C13H9ClO3. The molecule has 0 aliphatic rings. The molecule has 1 N–H and O–H groups in total. The van der Waals surface area contributed by atoms with E-state index in [0.29, 0.717) is 10.8 Å². The van der Waals surface area contributed by atoms with E-state index in [9.17, 15) is 9.90 Å². The summed E-state index contributed by atoms with van der Waals surface area (Å²) in [6, 6.07) is 9.58. The van der Waals surface area contributed by atoms with Gasteiger partial charge in [-0.15, -0.1) is 0 Å². The van der Waals surface area contributed by atoms with Crippen LogP contribution in [0.25, 0.3) is 12.2 Å². The number of halogens is 1. The molecule has 0 aliphatic carbocycles. The van der Waals surface area contributed by atoms with E-state index in [4.69, 9.17) is 16.0 Å². The van der Waals surface area contributed by atoms with E-state index in [2.05, 4.69) is 0 Å². The fourth-order valence-electron chi connectivity index (χ4n) is 1.32. The second-order valence-corrected chi connectivity index (χ2v) is 3.86. The Kier molecular flexibility index (Phi) is 3.30. The van der Waals surface area contributed by atoms with Gasteiger partial charge in [0.25, 0.3) is 0 Å². The second-order valence-electron chi connectivity index (χ2n) is 3.42. The molecule has 0 atom stereocenters. The summed E-state index contributed by atoms with van der Waals surface area (Å²) in [5.74, 6) is 0.182. The van der Waals surface area contributed by atoms with Gasteiger partial charge in [-0.3, -0.25) is 0 Å². The zero-order valence-electron chi connectivity index (χ0n) is 8.76. The molecule has 86 valence electrons. The van der Waals surface area contributed by atoms with Crippen LogP contribution in [0.15, 0.2) is 45.6 Å². The molecular weight excluding hydrogens is 240 g/mol. The van der Waals surface area contributed by atoms with E-state index in [1.165, 1.54) is 6.07 Å². The third kappa shape index (κ3) is 3.23. The second kappa shape index (κ2) is 4.89. The van der Waals surface area contributed by atoms with E-state index in [1.54, 1.807) is 24.3 Å². The lowest BCUT2D eigenvalue weighted by Crippen LogP contribution is -1.95. The summed E-state index contributed by atoms with van der Waals surface area (Å²) in [5, 5.41) is 9.87. The van der Waals surface area contributed by atoms with Crippen molar-refractivity contribution in [3.8, 4) is 5.75 Å². The summed E-state index contributed by atoms with van der Waals surface area (Å²) in [4.78, 5) is 11.0. The summed E-state index contributed by atoms with van der Waals surface area (Å²) in [6.07, 6.45) is 3.36. The Morgan fingerprint density at radius 2 is 1.82 bits per heavy atom. The van der Waals surface area contributed by atoms with Crippen LogP contribution in [-0.4, -0.2) is 5.11 Å². The molecule has 2 rings (SSSR count). The highest BCUT2D eigenvalue weighted by Crippen LogP contribution is 2.14. The van der Waals surface area contributed by atoms with E-state index < -0.39 is 5.63 Å². The van der Waals surface area contributed by atoms with Gasteiger partial charge in [0.15, 0.2) is 0 Å². The first-order valence-corrected chi connectivity index (χ1v) is 5.29. The van der Waals surface area contributed by atoms with Crippen LogP contribution in [0.3, 0.4) is 0 Å². The van der Waals surface area contributed by atoms with Gasteiger partial charge in [0.2, 0.25) is 0 Å². The summed E-state index contributed by atoms with van der Waals surface area (Å²) < 4.78 is 4.88. The zero-order chi connectivity index (χ0) is 12.3. The van der Waals surface area contributed by atoms with Crippen molar-refractivity contribution in [2.24, 2.45) is 0 Å². The average molecular weight is 249 g/mol. The highest BCUT2D eigenvalue weighted by Gasteiger charge is 1.96. The van der Waals surface area contributed by atoms with Gasteiger partial charge in [-0.05, 0) is 23.8 Å². The highest BCUT2D eigenvalue weighted by molar-refractivity contribution is 6.30. The molecule has 4 heteroatoms. The first-order chi connectivity index (χ1) is 8.13. The smallest absolute Gasteiger partial charge is 0.339 e. The Balaban J connectivity index is 2.25. The fraction of sp³-hybridized carbons (Fsp3) is 0. The maximum Gasteiger partial charge on any atom is 0.339 e. The fourth-order valence-corrected chi connectivity index (χ4v) is 1.44. The minimum absolute atomic E-state index is 0.114. The lowest BCUT2D eigenvalue weighted by Gasteiger charge is -1.95. The lowest BCUT2D eigenvalue weighted by atomic mass is 10.2. The van der Waals surface area contributed by atoms with Crippen molar-refractivity contribution in [1.29, 1.82) is 0 Å². The highest BCUT2D eigenvalue weighted by atomic mass is 35.5. The number of benzene rings is 1. The molecule has 2 aromatic rings. The Hall–Kier alpha value is -2.00. The maximum atomic E-state index is 11.0. The van der Waals surface area contributed by atoms with Gasteiger partial charge >= 0.3 is 5.63 Å². The molecule has 0 saturated heterocycles. The predicted octanol–water partition coefficient (Wildman–Crippen LogP) is 3.17. The van der Waals surface area contributed by atoms with Crippen LogP contribution in [0.4, 0.5) is 0 Å². The summed E-state index contributed by atoms with van der Waals surface area (Å²) in [7, 11) is 0. The van der Waals surface area contributed by atoms with E-state index >= 15 is 0 Å². The van der Waals surface area contributed by atoms with Crippen molar-refractivity contribution in [2.45, 2.75) is 0 Å². The average Bonchev–Trinajstić information content (AvgIpc) is 2.27. The summed E-state index contributed by atoms with van der Waals surface area (Å²) in [5.41, 5.74) is 0.334. The minimum atomic E-state index is -0.583. The normalized spacial score (nSPS) is 10.9. The van der Waals surface area contributed by atoms with Gasteiger partial charge in [0.1, 0.15) is 11.5 Å². The Bertz CT molecular complexity index is 597. The number of hydrogen-bond acceptors (Lipinski definition) is 3. The minimum Gasteiger partial charge on any atom is -0.508 e. The van der Waals surface area contributed by atoms with Crippen LogP contribution in [0.5, 0.6) is 5.75 Å². The quantitative estimate of drug-likeness (QED) is 0.888. The molecule has 1 aromatic carbocycles. The van der Waals surface area contributed by atoms with Crippen LogP contribution in [-0.2, 0) is 0 Å². The van der Waals surface area contributed by atoms with E-state index in [-0.39, 0.29) is 5.75 Å². The monoisotopic (exact) mass is 248 g/mol. The van der Waals surface area contributed by atoms with Gasteiger partial charge in [0, 0.05) is 11.1 Å². The van der Waals surface area contributed by atoms with Crippen molar-refractivity contribution in [2.75, 3.05) is 0 Å². The van der Waals surface area contributed by atoms with Crippen LogP contribution in [0.2, 0.25) is 5.02 Å². The van der Waals surface area contributed by atoms with Crippen LogP contribution in [0, 0.1) is 0 Å². The Morgan fingerprint density at radius 3 is 2.47 bits per heavy atom. The van der Waals surface area contributed by atoms with Crippen LogP contribution in [0.1, 0.15) is 11.3 Å². The molecule has 17 heavy (non-hydrogen) atoms. The molecule has 0 radical (unpaired) electrons. The first kappa shape index (κ1) is 11.5.